The SMILES string of the molecule is CCOc1ccccc1C(N)c1ccncc1Cl. The van der Waals surface area contributed by atoms with Crippen LogP contribution in [0.4, 0.5) is 0 Å². The summed E-state index contributed by atoms with van der Waals surface area (Å²) in [5, 5.41) is 0.566. The Bertz CT molecular complexity index is 531. The number of aromatic nitrogens is 1. The number of rotatable bonds is 4. The number of nitrogens with two attached hydrogens (primary N) is 1. The van der Waals surface area contributed by atoms with E-state index < -0.39 is 0 Å². The number of hydrogen-bond donors (Lipinski definition) is 1. The second-order valence-corrected chi connectivity index (χ2v) is 4.25. The lowest BCUT2D eigenvalue weighted by Crippen LogP contribution is -2.14. The second kappa shape index (κ2) is 5.85. The van der Waals surface area contributed by atoms with Gasteiger partial charge in [-0.1, -0.05) is 29.8 Å². The van der Waals surface area contributed by atoms with Crippen LogP contribution in [0.15, 0.2) is 42.7 Å². The van der Waals surface area contributed by atoms with Gasteiger partial charge in [0, 0.05) is 18.0 Å². The maximum Gasteiger partial charge on any atom is 0.124 e. The van der Waals surface area contributed by atoms with Crippen LogP contribution < -0.4 is 10.5 Å². The first kappa shape index (κ1) is 12.9. The number of hydrogen-bond acceptors (Lipinski definition) is 3. The minimum absolute atomic E-state index is 0.316. The zero-order valence-electron chi connectivity index (χ0n) is 10.1. The molecule has 94 valence electrons. The van der Waals surface area contributed by atoms with Crippen molar-refractivity contribution in [1.82, 2.24) is 4.98 Å². The fourth-order valence-corrected chi connectivity index (χ4v) is 2.07. The van der Waals surface area contributed by atoms with E-state index in [1.165, 1.54) is 0 Å². The number of benzene rings is 1. The van der Waals surface area contributed by atoms with E-state index in [0.29, 0.717) is 11.6 Å². The Hall–Kier alpha value is -1.58. The molecule has 1 unspecified atom stereocenters. The summed E-state index contributed by atoms with van der Waals surface area (Å²) in [6.07, 6.45) is 3.28. The molecule has 0 saturated heterocycles. The van der Waals surface area contributed by atoms with Crippen LogP contribution in [0.2, 0.25) is 5.02 Å². The van der Waals surface area contributed by atoms with Crippen LogP contribution in [0.25, 0.3) is 0 Å². The highest BCUT2D eigenvalue weighted by Crippen LogP contribution is 2.31. The van der Waals surface area contributed by atoms with E-state index in [4.69, 9.17) is 22.1 Å². The molecule has 0 aliphatic rings. The van der Waals surface area contributed by atoms with Gasteiger partial charge in [-0.3, -0.25) is 4.98 Å². The number of nitrogens with zero attached hydrogens (tertiary/aromatic N) is 1. The third-order valence-electron chi connectivity index (χ3n) is 2.69. The fraction of sp³-hybridized carbons (Fsp3) is 0.214. The molecule has 0 bridgehead atoms. The molecule has 3 nitrogen and oxygen atoms in total. The number of pyridine rings is 1. The summed E-state index contributed by atoms with van der Waals surface area (Å²) in [5.74, 6) is 0.792. The Morgan fingerprint density at radius 2 is 2.06 bits per heavy atom. The first-order valence-corrected chi connectivity index (χ1v) is 6.18. The van der Waals surface area contributed by atoms with E-state index in [0.717, 1.165) is 16.9 Å². The van der Waals surface area contributed by atoms with Crippen molar-refractivity contribution < 1.29 is 4.74 Å². The quantitative estimate of drug-likeness (QED) is 0.921. The van der Waals surface area contributed by atoms with E-state index in [-0.39, 0.29) is 6.04 Å². The first-order chi connectivity index (χ1) is 8.74. The summed E-state index contributed by atoms with van der Waals surface area (Å²) in [5.41, 5.74) is 8.03. The van der Waals surface area contributed by atoms with Crippen LogP contribution in [-0.4, -0.2) is 11.6 Å². The molecular formula is C14H15ClN2O. The Kier molecular flexibility index (Phi) is 4.18. The van der Waals surface area contributed by atoms with Gasteiger partial charge in [0.15, 0.2) is 0 Å². The topological polar surface area (TPSA) is 48.1 Å². The molecule has 0 fully saturated rings. The Labute approximate surface area is 112 Å². The highest BCUT2D eigenvalue weighted by atomic mass is 35.5. The molecule has 0 saturated carbocycles. The molecule has 0 aliphatic heterocycles. The van der Waals surface area contributed by atoms with Crippen LogP contribution in [0.1, 0.15) is 24.1 Å². The summed E-state index contributed by atoms with van der Waals surface area (Å²) in [4.78, 5) is 3.96. The summed E-state index contributed by atoms with van der Waals surface area (Å²) in [6.45, 7) is 2.55. The van der Waals surface area contributed by atoms with Gasteiger partial charge in [-0.2, -0.15) is 0 Å². The molecule has 0 amide bonds. The molecular weight excluding hydrogens is 248 g/mol. The normalized spacial score (nSPS) is 12.2. The summed E-state index contributed by atoms with van der Waals surface area (Å²) in [6, 6.07) is 9.24. The minimum Gasteiger partial charge on any atom is -0.494 e. The van der Waals surface area contributed by atoms with Crippen LogP contribution >= 0.6 is 11.6 Å². The second-order valence-electron chi connectivity index (χ2n) is 3.85. The van der Waals surface area contributed by atoms with Crippen molar-refractivity contribution in [3.8, 4) is 5.75 Å². The molecule has 18 heavy (non-hydrogen) atoms. The molecule has 2 N–H and O–H groups in total. The van der Waals surface area contributed by atoms with Gasteiger partial charge >= 0.3 is 0 Å². The maximum absolute atomic E-state index is 6.26. The molecule has 1 aromatic carbocycles. The van der Waals surface area contributed by atoms with Crippen molar-refractivity contribution in [1.29, 1.82) is 0 Å². The highest BCUT2D eigenvalue weighted by Gasteiger charge is 2.16. The van der Waals surface area contributed by atoms with Crippen molar-refractivity contribution in [2.45, 2.75) is 13.0 Å². The van der Waals surface area contributed by atoms with Gasteiger partial charge < -0.3 is 10.5 Å². The first-order valence-electron chi connectivity index (χ1n) is 5.80. The van der Waals surface area contributed by atoms with Crippen molar-refractivity contribution in [2.24, 2.45) is 5.73 Å². The predicted molar refractivity (Wildman–Crippen MR) is 72.9 cm³/mol. The lowest BCUT2D eigenvalue weighted by molar-refractivity contribution is 0.335. The van der Waals surface area contributed by atoms with Crippen LogP contribution in [-0.2, 0) is 0 Å². The predicted octanol–water partition coefficient (Wildman–Crippen LogP) is 3.18. The average Bonchev–Trinajstić information content (AvgIpc) is 2.40. The van der Waals surface area contributed by atoms with Crippen molar-refractivity contribution in [2.75, 3.05) is 6.61 Å². The van der Waals surface area contributed by atoms with Gasteiger partial charge in [0.05, 0.1) is 17.7 Å². The smallest absolute Gasteiger partial charge is 0.124 e. The van der Waals surface area contributed by atoms with Crippen molar-refractivity contribution in [3.63, 3.8) is 0 Å². The fourth-order valence-electron chi connectivity index (χ4n) is 1.83. The Morgan fingerprint density at radius 3 is 2.78 bits per heavy atom. The molecule has 2 rings (SSSR count). The Balaban J connectivity index is 2.40. The van der Waals surface area contributed by atoms with Crippen LogP contribution in [0, 0.1) is 0 Å². The molecule has 1 heterocycles. The third kappa shape index (κ3) is 2.63. The minimum atomic E-state index is -0.316. The lowest BCUT2D eigenvalue weighted by Gasteiger charge is -2.17. The molecule has 1 atom stereocenters. The monoisotopic (exact) mass is 262 g/mol. The number of halogens is 1. The van der Waals surface area contributed by atoms with Gasteiger partial charge in [-0.05, 0) is 24.6 Å². The molecule has 2 aromatic rings. The number of para-hydroxylation sites is 1. The Morgan fingerprint density at radius 1 is 1.28 bits per heavy atom. The van der Waals surface area contributed by atoms with Gasteiger partial charge in [-0.15, -0.1) is 0 Å². The van der Waals surface area contributed by atoms with Crippen molar-refractivity contribution in [3.05, 3.63) is 58.9 Å². The van der Waals surface area contributed by atoms with Gasteiger partial charge in [0.2, 0.25) is 0 Å². The highest BCUT2D eigenvalue weighted by molar-refractivity contribution is 6.31. The van der Waals surface area contributed by atoms with E-state index in [1.807, 2.05) is 37.3 Å². The zero-order chi connectivity index (χ0) is 13.0. The summed E-state index contributed by atoms with van der Waals surface area (Å²) >= 11 is 6.12. The molecule has 0 spiro atoms. The van der Waals surface area contributed by atoms with E-state index in [9.17, 15) is 0 Å². The summed E-state index contributed by atoms with van der Waals surface area (Å²) < 4.78 is 5.58. The molecule has 0 aliphatic carbocycles. The van der Waals surface area contributed by atoms with E-state index in [2.05, 4.69) is 4.98 Å². The zero-order valence-corrected chi connectivity index (χ0v) is 10.9. The molecule has 1 aromatic heterocycles. The molecule has 4 heteroatoms. The van der Waals surface area contributed by atoms with E-state index >= 15 is 0 Å². The van der Waals surface area contributed by atoms with Gasteiger partial charge in [-0.25, -0.2) is 0 Å². The largest absolute Gasteiger partial charge is 0.494 e. The van der Waals surface area contributed by atoms with Gasteiger partial charge in [0.25, 0.3) is 0 Å². The van der Waals surface area contributed by atoms with E-state index in [1.54, 1.807) is 12.4 Å². The average molecular weight is 263 g/mol. The van der Waals surface area contributed by atoms with Crippen LogP contribution in [0.5, 0.6) is 5.75 Å². The lowest BCUT2D eigenvalue weighted by atomic mass is 10.00. The molecule has 0 radical (unpaired) electrons. The standard InChI is InChI=1S/C14H15ClN2O/c1-2-18-13-6-4-3-5-11(13)14(16)10-7-8-17-9-12(10)15/h3-9,14H,2,16H2,1H3. The van der Waals surface area contributed by atoms with Crippen LogP contribution in [0.3, 0.4) is 0 Å². The summed E-state index contributed by atoms with van der Waals surface area (Å²) in [7, 11) is 0. The number of ether oxygens (including phenoxy) is 1. The maximum atomic E-state index is 6.26. The third-order valence-corrected chi connectivity index (χ3v) is 3.01. The van der Waals surface area contributed by atoms with Gasteiger partial charge in [0.1, 0.15) is 5.75 Å². The van der Waals surface area contributed by atoms with Crippen molar-refractivity contribution >= 4 is 11.6 Å².